The van der Waals surface area contributed by atoms with Crippen LogP contribution in [0.25, 0.3) is 0 Å². The maximum Gasteiger partial charge on any atom is 0.108 e. The molecule has 0 spiro atoms. The lowest BCUT2D eigenvalue weighted by Crippen LogP contribution is -2.34. The quantitative estimate of drug-likeness (QED) is 0.747. The number of nitrogens with one attached hydrogen (secondary N) is 1. The standard InChI is InChI=1S/C10H19N3/c1-7(2)8-6-12-9(13-8)5-10(3,4)11/h6-7H,5,11H2,1-4H3,(H,12,13). The van der Waals surface area contributed by atoms with Crippen molar-refractivity contribution in [2.24, 2.45) is 5.73 Å². The molecule has 0 bridgehead atoms. The fraction of sp³-hybridized carbons (Fsp3) is 0.700. The van der Waals surface area contributed by atoms with Crippen molar-refractivity contribution in [2.75, 3.05) is 0 Å². The molecule has 0 saturated carbocycles. The van der Waals surface area contributed by atoms with Crippen molar-refractivity contribution in [1.82, 2.24) is 9.97 Å². The van der Waals surface area contributed by atoms with Gasteiger partial charge in [-0.2, -0.15) is 0 Å². The van der Waals surface area contributed by atoms with Crippen molar-refractivity contribution >= 4 is 0 Å². The lowest BCUT2D eigenvalue weighted by Gasteiger charge is -2.16. The second-order valence-corrected chi connectivity index (χ2v) is 4.61. The molecule has 1 aromatic rings. The molecule has 3 N–H and O–H groups in total. The largest absolute Gasteiger partial charge is 0.346 e. The Hall–Kier alpha value is -0.830. The first-order valence-corrected chi connectivity index (χ1v) is 4.71. The van der Waals surface area contributed by atoms with Crippen LogP contribution in [0.1, 0.15) is 45.1 Å². The zero-order valence-corrected chi connectivity index (χ0v) is 8.89. The van der Waals surface area contributed by atoms with E-state index in [1.807, 2.05) is 20.0 Å². The predicted molar refractivity (Wildman–Crippen MR) is 54.6 cm³/mol. The summed E-state index contributed by atoms with van der Waals surface area (Å²) >= 11 is 0. The summed E-state index contributed by atoms with van der Waals surface area (Å²) in [5.41, 5.74) is 6.88. The van der Waals surface area contributed by atoms with Gasteiger partial charge >= 0.3 is 0 Å². The van der Waals surface area contributed by atoms with Crippen molar-refractivity contribution in [1.29, 1.82) is 0 Å². The molecule has 1 rings (SSSR count). The van der Waals surface area contributed by atoms with E-state index < -0.39 is 0 Å². The molecule has 1 heterocycles. The summed E-state index contributed by atoms with van der Waals surface area (Å²) in [7, 11) is 0. The molecule has 1 aromatic heterocycles. The van der Waals surface area contributed by atoms with E-state index in [1.165, 1.54) is 5.69 Å². The predicted octanol–water partition coefficient (Wildman–Crippen LogP) is 1.81. The van der Waals surface area contributed by atoms with Crippen molar-refractivity contribution in [2.45, 2.75) is 45.6 Å². The number of aromatic amines is 1. The molecule has 0 unspecified atom stereocenters. The van der Waals surface area contributed by atoms with E-state index in [1.54, 1.807) is 0 Å². The summed E-state index contributed by atoms with van der Waals surface area (Å²) in [5, 5.41) is 0. The molecule has 74 valence electrons. The van der Waals surface area contributed by atoms with Crippen molar-refractivity contribution < 1.29 is 0 Å². The minimum atomic E-state index is -0.188. The second-order valence-electron chi connectivity index (χ2n) is 4.61. The molecule has 0 fully saturated rings. The Labute approximate surface area is 79.8 Å². The van der Waals surface area contributed by atoms with Gasteiger partial charge in [-0.25, -0.2) is 4.98 Å². The first kappa shape index (κ1) is 10.3. The van der Waals surface area contributed by atoms with Crippen LogP contribution >= 0.6 is 0 Å². The number of rotatable bonds is 3. The molecule has 0 aromatic carbocycles. The maximum absolute atomic E-state index is 5.89. The molecular formula is C10H19N3. The highest BCUT2D eigenvalue weighted by atomic mass is 14.9. The number of nitrogens with two attached hydrogens (primary N) is 1. The Kier molecular flexibility index (Phi) is 2.76. The summed E-state index contributed by atoms with van der Waals surface area (Å²) < 4.78 is 0. The fourth-order valence-corrected chi connectivity index (χ4v) is 1.19. The number of hydrogen-bond donors (Lipinski definition) is 2. The Morgan fingerprint density at radius 2 is 2.15 bits per heavy atom. The number of aromatic nitrogens is 2. The maximum atomic E-state index is 5.89. The van der Waals surface area contributed by atoms with Crippen LogP contribution in [0, 0.1) is 0 Å². The van der Waals surface area contributed by atoms with E-state index in [2.05, 4.69) is 23.8 Å². The van der Waals surface area contributed by atoms with E-state index in [-0.39, 0.29) is 5.54 Å². The number of nitrogens with zero attached hydrogens (tertiary/aromatic N) is 1. The summed E-state index contributed by atoms with van der Waals surface area (Å²) in [6, 6.07) is 0. The van der Waals surface area contributed by atoms with Crippen LogP contribution in [0.3, 0.4) is 0 Å². The topological polar surface area (TPSA) is 54.7 Å². The van der Waals surface area contributed by atoms with Gasteiger partial charge in [-0.15, -0.1) is 0 Å². The molecule has 3 heteroatoms. The summed E-state index contributed by atoms with van der Waals surface area (Å²) in [4.78, 5) is 7.57. The van der Waals surface area contributed by atoms with Crippen LogP contribution < -0.4 is 5.73 Å². The van der Waals surface area contributed by atoms with E-state index in [0.29, 0.717) is 5.92 Å². The Morgan fingerprint density at radius 3 is 2.54 bits per heavy atom. The third kappa shape index (κ3) is 3.19. The Bertz CT molecular complexity index is 268. The van der Waals surface area contributed by atoms with E-state index >= 15 is 0 Å². The second kappa shape index (κ2) is 3.50. The third-order valence-corrected chi connectivity index (χ3v) is 1.89. The van der Waals surface area contributed by atoms with Crippen LogP contribution in [-0.2, 0) is 6.42 Å². The van der Waals surface area contributed by atoms with Crippen molar-refractivity contribution in [3.8, 4) is 0 Å². The lowest BCUT2D eigenvalue weighted by atomic mass is 10.0. The highest BCUT2D eigenvalue weighted by Crippen LogP contribution is 2.13. The normalized spacial score (nSPS) is 12.5. The highest BCUT2D eigenvalue weighted by Gasteiger charge is 2.14. The van der Waals surface area contributed by atoms with Crippen molar-refractivity contribution in [3.63, 3.8) is 0 Å². The van der Waals surface area contributed by atoms with Crippen LogP contribution in [-0.4, -0.2) is 15.5 Å². The molecule has 3 nitrogen and oxygen atoms in total. The molecular weight excluding hydrogens is 162 g/mol. The van der Waals surface area contributed by atoms with E-state index in [4.69, 9.17) is 5.73 Å². The minimum Gasteiger partial charge on any atom is -0.346 e. The molecule has 13 heavy (non-hydrogen) atoms. The third-order valence-electron chi connectivity index (χ3n) is 1.89. The van der Waals surface area contributed by atoms with Gasteiger partial charge in [0.25, 0.3) is 0 Å². The van der Waals surface area contributed by atoms with Gasteiger partial charge in [0.05, 0.1) is 0 Å². The molecule has 0 amide bonds. The SMILES string of the molecule is CC(C)c1cnc(CC(C)(C)N)[nH]1. The molecule has 0 aliphatic rings. The molecule has 0 aliphatic carbocycles. The monoisotopic (exact) mass is 181 g/mol. The van der Waals surface area contributed by atoms with Crippen LogP contribution in [0.15, 0.2) is 6.20 Å². The van der Waals surface area contributed by atoms with E-state index in [0.717, 1.165) is 12.2 Å². The van der Waals surface area contributed by atoms with Gasteiger partial charge in [-0.3, -0.25) is 0 Å². The first-order chi connectivity index (χ1) is 5.88. The number of H-pyrrole nitrogens is 1. The zero-order valence-electron chi connectivity index (χ0n) is 8.89. The number of imidazole rings is 1. The van der Waals surface area contributed by atoms with Gasteiger partial charge in [0, 0.05) is 23.9 Å². The van der Waals surface area contributed by atoms with Crippen molar-refractivity contribution in [3.05, 3.63) is 17.7 Å². The van der Waals surface area contributed by atoms with Gasteiger partial charge < -0.3 is 10.7 Å². The summed E-state index contributed by atoms with van der Waals surface area (Å²) in [5.74, 6) is 1.48. The molecule has 0 atom stereocenters. The van der Waals surface area contributed by atoms with Gasteiger partial charge in [0.1, 0.15) is 5.82 Å². The van der Waals surface area contributed by atoms with Crippen LogP contribution in [0.2, 0.25) is 0 Å². The molecule has 0 radical (unpaired) electrons. The minimum absolute atomic E-state index is 0.188. The van der Waals surface area contributed by atoms with Gasteiger partial charge in [-0.05, 0) is 19.8 Å². The number of hydrogen-bond acceptors (Lipinski definition) is 2. The molecule has 0 saturated heterocycles. The van der Waals surface area contributed by atoms with Crippen LogP contribution in [0.4, 0.5) is 0 Å². The highest BCUT2D eigenvalue weighted by molar-refractivity contribution is 5.07. The molecule has 0 aliphatic heterocycles. The first-order valence-electron chi connectivity index (χ1n) is 4.71. The van der Waals surface area contributed by atoms with Gasteiger partial charge in [0.2, 0.25) is 0 Å². The average Bonchev–Trinajstić information content (AvgIpc) is 2.31. The Balaban J connectivity index is 2.70. The van der Waals surface area contributed by atoms with Crippen LogP contribution in [0.5, 0.6) is 0 Å². The fourth-order valence-electron chi connectivity index (χ4n) is 1.19. The summed E-state index contributed by atoms with van der Waals surface area (Å²) in [6.45, 7) is 8.30. The smallest absolute Gasteiger partial charge is 0.108 e. The average molecular weight is 181 g/mol. The summed E-state index contributed by atoms with van der Waals surface area (Å²) in [6.07, 6.45) is 2.69. The van der Waals surface area contributed by atoms with Gasteiger partial charge in [0.15, 0.2) is 0 Å². The van der Waals surface area contributed by atoms with Gasteiger partial charge in [-0.1, -0.05) is 13.8 Å². The van der Waals surface area contributed by atoms with E-state index in [9.17, 15) is 0 Å². The lowest BCUT2D eigenvalue weighted by molar-refractivity contribution is 0.504. The Morgan fingerprint density at radius 1 is 1.54 bits per heavy atom. The zero-order chi connectivity index (χ0) is 10.1.